The van der Waals surface area contributed by atoms with E-state index in [-0.39, 0.29) is 0 Å². The minimum Gasteiger partial charge on any atom is -0.395 e. The normalized spacial score (nSPS) is 19.9. The standard InChI is InChI=1S/C13H19N5/c1-17(2)11-4-3-7-18(9-11)13-12(15)10(8-14)5-6-16-13/h5-6,11H,3-4,7,9,15H2,1-2H3. The van der Waals surface area contributed by atoms with E-state index in [0.717, 1.165) is 25.3 Å². The number of piperidine rings is 1. The SMILES string of the molecule is CN(C)C1CCCN(c2nccc(C#N)c2N)C1. The van der Waals surface area contributed by atoms with E-state index in [1.807, 2.05) is 0 Å². The van der Waals surface area contributed by atoms with Crippen LogP contribution in [0.1, 0.15) is 18.4 Å². The van der Waals surface area contributed by atoms with E-state index < -0.39 is 0 Å². The zero-order chi connectivity index (χ0) is 13.1. The minimum absolute atomic E-state index is 0.499. The first-order valence-electron chi connectivity index (χ1n) is 6.19. The molecule has 1 aromatic heterocycles. The van der Waals surface area contributed by atoms with Gasteiger partial charge in [0.2, 0.25) is 0 Å². The average molecular weight is 245 g/mol. The lowest BCUT2D eigenvalue weighted by Gasteiger charge is -2.37. The Morgan fingerprint density at radius 2 is 2.33 bits per heavy atom. The number of hydrogen-bond acceptors (Lipinski definition) is 5. The molecule has 2 N–H and O–H groups in total. The molecular weight excluding hydrogens is 226 g/mol. The van der Waals surface area contributed by atoms with Gasteiger partial charge in [0.15, 0.2) is 5.82 Å². The molecule has 1 aliphatic heterocycles. The van der Waals surface area contributed by atoms with Crippen molar-refractivity contribution < 1.29 is 0 Å². The third kappa shape index (κ3) is 2.39. The largest absolute Gasteiger partial charge is 0.395 e. The van der Waals surface area contributed by atoms with Crippen molar-refractivity contribution in [2.75, 3.05) is 37.8 Å². The van der Waals surface area contributed by atoms with Crippen LogP contribution >= 0.6 is 0 Å². The molecule has 2 heterocycles. The molecule has 1 atom stereocenters. The maximum absolute atomic E-state index is 9.00. The summed E-state index contributed by atoms with van der Waals surface area (Å²) in [5, 5.41) is 9.00. The molecule has 5 heteroatoms. The number of anilines is 2. The summed E-state index contributed by atoms with van der Waals surface area (Å²) in [6.45, 7) is 1.87. The maximum Gasteiger partial charge on any atom is 0.153 e. The van der Waals surface area contributed by atoms with Crippen molar-refractivity contribution in [3.05, 3.63) is 17.8 Å². The number of aromatic nitrogens is 1. The van der Waals surface area contributed by atoms with Gasteiger partial charge in [-0.1, -0.05) is 0 Å². The van der Waals surface area contributed by atoms with Crippen LogP contribution in [-0.2, 0) is 0 Å². The summed E-state index contributed by atoms with van der Waals surface area (Å²) >= 11 is 0. The average Bonchev–Trinajstić information content (AvgIpc) is 2.39. The summed E-state index contributed by atoms with van der Waals surface area (Å²) in [6.07, 6.45) is 3.98. The first-order chi connectivity index (χ1) is 8.63. The second-order valence-corrected chi connectivity index (χ2v) is 4.91. The number of nitriles is 1. The van der Waals surface area contributed by atoms with Crippen LogP contribution in [0.3, 0.4) is 0 Å². The number of pyridine rings is 1. The molecule has 5 nitrogen and oxygen atoms in total. The molecule has 0 aromatic carbocycles. The van der Waals surface area contributed by atoms with Crippen LogP contribution in [0.15, 0.2) is 12.3 Å². The fourth-order valence-corrected chi connectivity index (χ4v) is 2.38. The lowest BCUT2D eigenvalue weighted by molar-refractivity contribution is 0.257. The second-order valence-electron chi connectivity index (χ2n) is 4.91. The summed E-state index contributed by atoms with van der Waals surface area (Å²) in [6, 6.07) is 4.28. The Balaban J connectivity index is 2.24. The highest BCUT2D eigenvalue weighted by molar-refractivity contribution is 5.70. The molecule has 18 heavy (non-hydrogen) atoms. The van der Waals surface area contributed by atoms with E-state index in [2.05, 4.69) is 34.9 Å². The predicted molar refractivity (Wildman–Crippen MR) is 72.3 cm³/mol. The maximum atomic E-state index is 9.00. The molecule has 1 aliphatic rings. The molecular formula is C13H19N5. The zero-order valence-corrected chi connectivity index (χ0v) is 10.9. The molecule has 0 saturated carbocycles. The van der Waals surface area contributed by atoms with E-state index >= 15 is 0 Å². The predicted octanol–water partition coefficient (Wildman–Crippen LogP) is 1.07. The number of rotatable bonds is 2. The van der Waals surface area contributed by atoms with Crippen molar-refractivity contribution in [3.63, 3.8) is 0 Å². The number of hydrogen-bond donors (Lipinski definition) is 1. The fraction of sp³-hybridized carbons (Fsp3) is 0.538. The number of nitrogens with zero attached hydrogens (tertiary/aromatic N) is 4. The van der Waals surface area contributed by atoms with Gasteiger partial charge in [0.1, 0.15) is 6.07 Å². The topological polar surface area (TPSA) is 69.2 Å². The summed E-state index contributed by atoms with van der Waals surface area (Å²) < 4.78 is 0. The van der Waals surface area contributed by atoms with Gasteiger partial charge in [0.05, 0.1) is 11.3 Å². The third-order valence-electron chi connectivity index (χ3n) is 3.52. The smallest absolute Gasteiger partial charge is 0.153 e. The van der Waals surface area contributed by atoms with Crippen molar-refractivity contribution >= 4 is 11.5 Å². The molecule has 96 valence electrons. The highest BCUT2D eigenvalue weighted by atomic mass is 15.2. The van der Waals surface area contributed by atoms with E-state index in [4.69, 9.17) is 11.0 Å². The molecule has 1 unspecified atom stereocenters. The first kappa shape index (κ1) is 12.7. The quantitative estimate of drug-likeness (QED) is 0.844. The molecule has 0 radical (unpaired) electrons. The van der Waals surface area contributed by atoms with Gasteiger partial charge in [-0.15, -0.1) is 0 Å². The molecule has 2 rings (SSSR count). The highest BCUT2D eigenvalue weighted by Gasteiger charge is 2.24. The molecule has 1 aromatic rings. The van der Waals surface area contributed by atoms with Crippen molar-refractivity contribution in [2.24, 2.45) is 0 Å². The van der Waals surface area contributed by atoms with Crippen LogP contribution in [0.4, 0.5) is 11.5 Å². The summed E-state index contributed by atoms with van der Waals surface area (Å²) in [5.41, 5.74) is 7.01. The van der Waals surface area contributed by atoms with Crippen LogP contribution in [0.2, 0.25) is 0 Å². The van der Waals surface area contributed by atoms with Crippen LogP contribution in [0.5, 0.6) is 0 Å². The fourth-order valence-electron chi connectivity index (χ4n) is 2.38. The Kier molecular flexibility index (Phi) is 3.68. The first-order valence-corrected chi connectivity index (χ1v) is 6.19. The molecule has 1 fully saturated rings. The van der Waals surface area contributed by atoms with Gasteiger partial charge >= 0.3 is 0 Å². The Hall–Kier alpha value is -1.80. The molecule has 1 saturated heterocycles. The summed E-state index contributed by atoms with van der Waals surface area (Å²) in [7, 11) is 4.19. The van der Waals surface area contributed by atoms with E-state index in [1.54, 1.807) is 12.3 Å². The Morgan fingerprint density at radius 3 is 3.00 bits per heavy atom. The highest BCUT2D eigenvalue weighted by Crippen LogP contribution is 2.26. The van der Waals surface area contributed by atoms with Crippen LogP contribution in [0, 0.1) is 11.3 Å². The van der Waals surface area contributed by atoms with Crippen molar-refractivity contribution in [3.8, 4) is 6.07 Å². The van der Waals surface area contributed by atoms with Gasteiger partial charge < -0.3 is 15.5 Å². The van der Waals surface area contributed by atoms with Crippen LogP contribution < -0.4 is 10.6 Å². The molecule has 0 amide bonds. The van der Waals surface area contributed by atoms with E-state index in [0.29, 0.717) is 17.3 Å². The van der Waals surface area contributed by atoms with Crippen molar-refractivity contribution in [2.45, 2.75) is 18.9 Å². The lowest BCUT2D eigenvalue weighted by atomic mass is 10.0. The van der Waals surface area contributed by atoms with Gasteiger partial charge in [-0.05, 0) is 33.0 Å². The number of nitrogen functional groups attached to an aromatic ring is 1. The molecule has 0 bridgehead atoms. The molecule has 0 spiro atoms. The van der Waals surface area contributed by atoms with Crippen molar-refractivity contribution in [1.29, 1.82) is 5.26 Å². The third-order valence-corrected chi connectivity index (χ3v) is 3.52. The monoisotopic (exact) mass is 245 g/mol. The number of likely N-dealkylation sites (N-methyl/N-ethyl adjacent to an activating group) is 1. The summed E-state index contributed by atoms with van der Waals surface area (Å²) in [5.74, 6) is 0.751. The zero-order valence-electron chi connectivity index (χ0n) is 10.9. The summed E-state index contributed by atoms with van der Waals surface area (Å²) in [4.78, 5) is 8.75. The molecule has 0 aliphatic carbocycles. The van der Waals surface area contributed by atoms with Crippen LogP contribution in [-0.4, -0.2) is 43.1 Å². The number of nitrogens with two attached hydrogens (primary N) is 1. The van der Waals surface area contributed by atoms with Gasteiger partial charge in [0, 0.05) is 25.3 Å². The van der Waals surface area contributed by atoms with Gasteiger partial charge in [-0.25, -0.2) is 4.98 Å². The van der Waals surface area contributed by atoms with Gasteiger partial charge in [-0.3, -0.25) is 0 Å². The van der Waals surface area contributed by atoms with E-state index in [1.165, 1.54) is 6.42 Å². The minimum atomic E-state index is 0.499. The van der Waals surface area contributed by atoms with Crippen LogP contribution in [0.25, 0.3) is 0 Å². The second kappa shape index (κ2) is 5.23. The van der Waals surface area contributed by atoms with Crippen molar-refractivity contribution in [1.82, 2.24) is 9.88 Å². The Labute approximate surface area is 108 Å². The Morgan fingerprint density at radius 1 is 1.56 bits per heavy atom. The van der Waals surface area contributed by atoms with E-state index in [9.17, 15) is 0 Å². The lowest BCUT2D eigenvalue weighted by Crippen LogP contribution is -2.45. The van der Waals surface area contributed by atoms with Gasteiger partial charge in [-0.2, -0.15) is 5.26 Å². The van der Waals surface area contributed by atoms with Gasteiger partial charge in [0.25, 0.3) is 0 Å². The Bertz CT molecular complexity index is 463.